The lowest BCUT2D eigenvalue weighted by Gasteiger charge is -2.01. The fourth-order valence-electron chi connectivity index (χ4n) is 2.66. The van der Waals surface area contributed by atoms with Crippen molar-refractivity contribution in [2.45, 2.75) is 13.1 Å². The zero-order chi connectivity index (χ0) is 14.1. The van der Waals surface area contributed by atoms with Gasteiger partial charge in [-0.3, -0.25) is 0 Å². The van der Waals surface area contributed by atoms with Crippen molar-refractivity contribution in [2.24, 2.45) is 0 Å². The topological polar surface area (TPSA) is 53.9 Å². The van der Waals surface area contributed by atoms with Crippen molar-refractivity contribution in [2.75, 3.05) is 0 Å². The molecule has 0 bridgehead atoms. The Morgan fingerprint density at radius 2 is 1.76 bits per heavy atom. The molecule has 2 heterocycles. The van der Waals surface area contributed by atoms with E-state index in [2.05, 4.69) is 39.9 Å². The van der Waals surface area contributed by atoms with Gasteiger partial charge < -0.3 is 14.8 Å². The minimum atomic E-state index is 0.691. The van der Waals surface area contributed by atoms with Crippen molar-refractivity contribution < 1.29 is 4.52 Å². The van der Waals surface area contributed by atoms with E-state index in [1.165, 1.54) is 16.5 Å². The fraction of sp³-hybridized carbons (Fsp3) is 0.118. The lowest BCUT2D eigenvalue weighted by molar-refractivity contribution is 0.441. The summed E-state index contributed by atoms with van der Waals surface area (Å²) in [5, 5.41) is 9.90. The Labute approximate surface area is 121 Å². The van der Waals surface area contributed by atoms with Gasteiger partial charge in [0, 0.05) is 35.6 Å². The van der Waals surface area contributed by atoms with Gasteiger partial charge in [-0.15, -0.1) is 0 Å². The monoisotopic (exact) mass is 277 g/mol. The van der Waals surface area contributed by atoms with Crippen LogP contribution in [-0.4, -0.2) is 10.1 Å². The van der Waals surface area contributed by atoms with E-state index in [9.17, 15) is 0 Å². The second-order valence-electron chi connectivity index (χ2n) is 5.09. The number of hydrogen-bond acceptors (Lipinski definition) is 3. The molecule has 4 heteroatoms. The SMILES string of the molecule is c1ccc2c(CNCc3noc4ccccc34)c[nH]c2c1. The first-order valence-electron chi connectivity index (χ1n) is 7.01. The van der Waals surface area contributed by atoms with E-state index in [1.54, 1.807) is 0 Å². The Balaban J connectivity index is 1.50. The second kappa shape index (κ2) is 5.07. The molecule has 0 aliphatic heterocycles. The number of nitrogens with one attached hydrogen (secondary N) is 2. The van der Waals surface area contributed by atoms with Crippen molar-refractivity contribution in [1.29, 1.82) is 0 Å². The molecule has 4 nitrogen and oxygen atoms in total. The van der Waals surface area contributed by atoms with E-state index in [-0.39, 0.29) is 0 Å². The third-order valence-electron chi connectivity index (χ3n) is 3.73. The number of nitrogens with zero attached hydrogens (tertiary/aromatic N) is 1. The molecule has 0 amide bonds. The van der Waals surface area contributed by atoms with Gasteiger partial charge in [0.15, 0.2) is 5.58 Å². The van der Waals surface area contributed by atoms with E-state index in [4.69, 9.17) is 4.52 Å². The van der Waals surface area contributed by atoms with Gasteiger partial charge in [-0.05, 0) is 23.8 Å². The van der Waals surface area contributed by atoms with Crippen molar-refractivity contribution in [3.63, 3.8) is 0 Å². The predicted molar refractivity (Wildman–Crippen MR) is 82.9 cm³/mol. The van der Waals surface area contributed by atoms with E-state index in [0.717, 1.165) is 23.2 Å². The molecule has 2 N–H and O–H groups in total. The molecule has 2 aromatic heterocycles. The number of benzene rings is 2. The minimum Gasteiger partial charge on any atom is -0.361 e. The van der Waals surface area contributed by atoms with Crippen molar-refractivity contribution in [3.05, 3.63) is 66.0 Å². The predicted octanol–water partition coefficient (Wildman–Crippen LogP) is 3.60. The van der Waals surface area contributed by atoms with Crippen LogP contribution >= 0.6 is 0 Å². The number of aromatic amines is 1. The molecule has 21 heavy (non-hydrogen) atoms. The number of hydrogen-bond donors (Lipinski definition) is 2. The van der Waals surface area contributed by atoms with Gasteiger partial charge in [0.25, 0.3) is 0 Å². The number of fused-ring (bicyclic) bond motifs is 2. The molecule has 0 saturated carbocycles. The van der Waals surface area contributed by atoms with Crippen LogP contribution in [0.5, 0.6) is 0 Å². The molecular formula is C17H15N3O. The van der Waals surface area contributed by atoms with Gasteiger partial charge in [-0.2, -0.15) is 0 Å². The molecular weight excluding hydrogens is 262 g/mol. The van der Waals surface area contributed by atoms with E-state index in [1.807, 2.05) is 30.3 Å². The summed E-state index contributed by atoms with van der Waals surface area (Å²) in [4.78, 5) is 3.29. The van der Waals surface area contributed by atoms with Gasteiger partial charge in [0.05, 0.1) is 0 Å². The standard InChI is InChI=1S/C17H15N3O/c1-3-7-15-13(5-1)12(10-19-15)9-18-11-16-14-6-2-4-8-17(14)21-20-16/h1-8,10,18-19H,9,11H2. The molecule has 0 fully saturated rings. The van der Waals surface area contributed by atoms with Crippen molar-refractivity contribution in [1.82, 2.24) is 15.5 Å². The Hall–Kier alpha value is -2.59. The minimum absolute atomic E-state index is 0.691. The summed E-state index contributed by atoms with van der Waals surface area (Å²) in [6.45, 7) is 1.49. The zero-order valence-corrected chi connectivity index (χ0v) is 11.5. The van der Waals surface area contributed by atoms with Crippen LogP contribution in [0.25, 0.3) is 21.9 Å². The van der Waals surface area contributed by atoms with Crippen LogP contribution in [0.15, 0.2) is 59.3 Å². The normalized spacial score (nSPS) is 11.4. The molecule has 0 saturated heterocycles. The second-order valence-corrected chi connectivity index (χ2v) is 5.09. The maximum Gasteiger partial charge on any atom is 0.167 e. The molecule has 4 rings (SSSR count). The van der Waals surface area contributed by atoms with Gasteiger partial charge in [0.1, 0.15) is 5.69 Å². The molecule has 0 radical (unpaired) electrons. The lowest BCUT2D eigenvalue weighted by atomic mass is 10.1. The van der Waals surface area contributed by atoms with E-state index >= 15 is 0 Å². The van der Waals surface area contributed by atoms with Gasteiger partial charge in [0.2, 0.25) is 0 Å². The third-order valence-corrected chi connectivity index (χ3v) is 3.73. The van der Waals surface area contributed by atoms with Crippen LogP contribution in [-0.2, 0) is 13.1 Å². The summed E-state index contributed by atoms with van der Waals surface area (Å²) < 4.78 is 5.31. The first kappa shape index (κ1) is 12.2. The van der Waals surface area contributed by atoms with Gasteiger partial charge in [-0.1, -0.05) is 35.5 Å². The number of aromatic nitrogens is 2. The quantitative estimate of drug-likeness (QED) is 0.599. The maximum atomic E-state index is 5.31. The van der Waals surface area contributed by atoms with Crippen LogP contribution in [0, 0.1) is 0 Å². The summed E-state index contributed by atoms with van der Waals surface area (Å²) in [6, 6.07) is 16.3. The largest absolute Gasteiger partial charge is 0.361 e. The summed E-state index contributed by atoms with van der Waals surface area (Å²) in [7, 11) is 0. The first-order chi connectivity index (χ1) is 10.4. The highest BCUT2D eigenvalue weighted by molar-refractivity contribution is 5.83. The lowest BCUT2D eigenvalue weighted by Crippen LogP contribution is -2.12. The molecule has 2 aromatic carbocycles. The molecule has 0 aliphatic rings. The Morgan fingerprint density at radius 1 is 0.952 bits per heavy atom. The van der Waals surface area contributed by atoms with E-state index < -0.39 is 0 Å². The van der Waals surface area contributed by atoms with Crippen molar-refractivity contribution in [3.8, 4) is 0 Å². The van der Waals surface area contributed by atoms with Crippen LogP contribution in [0.1, 0.15) is 11.3 Å². The number of para-hydroxylation sites is 2. The highest BCUT2D eigenvalue weighted by Gasteiger charge is 2.07. The number of rotatable bonds is 4. The number of H-pyrrole nitrogens is 1. The van der Waals surface area contributed by atoms with Gasteiger partial charge in [-0.25, -0.2) is 0 Å². The average molecular weight is 277 g/mol. The summed E-state index contributed by atoms with van der Waals surface area (Å²) in [6.07, 6.45) is 2.05. The Bertz CT molecular complexity index is 817. The zero-order valence-electron chi connectivity index (χ0n) is 11.5. The highest BCUT2D eigenvalue weighted by Crippen LogP contribution is 2.19. The Kier molecular flexibility index (Phi) is 2.94. The molecule has 0 spiro atoms. The molecule has 0 unspecified atom stereocenters. The maximum absolute atomic E-state index is 5.31. The van der Waals surface area contributed by atoms with Crippen LogP contribution in [0.3, 0.4) is 0 Å². The van der Waals surface area contributed by atoms with Crippen molar-refractivity contribution >= 4 is 21.9 Å². The highest BCUT2D eigenvalue weighted by atomic mass is 16.5. The molecule has 104 valence electrons. The third kappa shape index (κ3) is 2.19. The summed E-state index contributed by atoms with van der Waals surface area (Å²) >= 11 is 0. The fourth-order valence-corrected chi connectivity index (χ4v) is 2.66. The molecule has 4 aromatic rings. The van der Waals surface area contributed by atoms with Gasteiger partial charge >= 0.3 is 0 Å². The summed E-state index contributed by atoms with van der Waals surface area (Å²) in [5.41, 5.74) is 4.21. The van der Waals surface area contributed by atoms with Crippen LogP contribution in [0.2, 0.25) is 0 Å². The first-order valence-corrected chi connectivity index (χ1v) is 7.01. The molecule has 0 aliphatic carbocycles. The van der Waals surface area contributed by atoms with E-state index in [0.29, 0.717) is 6.54 Å². The van der Waals surface area contributed by atoms with Crippen LogP contribution < -0.4 is 5.32 Å². The Morgan fingerprint density at radius 3 is 2.71 bits per heavy atom. The summed E-state index contributed by atoms with van der Waals surface area (Å²) in [5.74, 6) is 0. The average Bonchev–Trinajstić information content (AvgIpc) is 3.13. The molecule has 0 atom stereocenters. The van der Waals surface area contributed by atoms with Crippen LogP contribution in [0.4, 0.5) is 0 Å². The smallest absolute Gasteiger partial charge is 0.167 e.